The predicted molar refractivity (Wildman–Crippen MR) is 79.4 cm³/mol. The Bertz CT molecular complexity index is 649. The van der Waals surface area contributed by atoms with Gasteiger partial charge in [-0.15, -0.1) is 0 Å². The smallest absolute Gasteiger partial charge is 0.253 e. The minimum atomic E-state index is -0.134. The number of aryl methyl sites for hydroxylation is 1. The Labute approximate surface area is 123 Å². The first-order valence-electron chi connectivity index (χ1n) is 7.07. The highest BCUT2D eigenvalue weighted by Crippen LogP contribution is 2.16. The molecule has 1 aliphatic heterocycles. The molecule has 0 bridgehead atoms. The number of rotatable bonds is 2. The van der Waals surface area contributed by atoms with E-state index in [1.54, 1.807) is 0 Å². The minimum absolute atomic E-state index is 0.120. The van der Waals surface area contributed by atoms with Crippen molar-refractivity contribution < 1.29 is 14.3 Å². The average molecular weight is 286 g/mol. The Morgan fingerprint density at radius 1 is 1.24 bits per heavy atom. The summed E-state index contributed by atoms with van der Waals surface area (Å²) in [6.07, 6.45) is 0. The molecule has 0 aliphatic carbocycles. The number of aromatic nitrogens is 1. The van der Waals surface area contributed by atoms with Crippen LogP contribution in [-0.4, -0.2) is 43.4 Å². The summed E-state index contributed by atoms with van der Waals surface area (Å²) >= 11 is 0. The van der Waals surface area contributed by atoms with E-state index in [1.807, 2.05) is 37.3 Å². The van der Waals surface area contributed by atoms with Crippen LogP contribution in [0.5, 0.6) is 0 Å². The predicted octanol–water partition coefficient (Wildman–Crippen LogP) is 1.69. The van der Waals surface area contributed by atoms with Crippen molar-refractivity contribution in [2.24, 2.45) is 0 Å². The van der Waals surface area contributed by atoms with E-state index in [-0.39, 0.29) is 11.9 Å². The molecule has 5 heteroatoms. The van der Waals surface area contributed by atoms with Gasteiger partial charge in [-0.25, -0.2) is 0 Å². The van der Waals surface area contributed by atoms with E-state index in [1.165, 1.54) is 0 Å². The van der Waals surface area contributed by atoms with Crippen LogP contribution in [0.15, 0.2) is 30.3 Å². The number of benzene rings is 1. The number of hydrogen-bond acceptors (Lipinski definition) is 4. The van der Waals surface area contributed by atoms with E-state index < -0.39 is 0 Å². The lowest BCUT2D eigenvalue weighted by Crippen LogP contribution is -2.40. The van der Waals surface area contributed by atoms with Crippen LogP contribution < -0.4 is 5.32 Å². The van der Waals surface area contributed by atoms with Gasteiger partial charge in [-0.05, 0) is 19.1 Å². The van der Waals surface area contributed by atoms with Gasteiger partial charge in [-0.1, -0.05) is 18.2 Å². The number of nitrogens with zero attached hydrogens (tertiary/aromatic N) is 1. The number of amides is 1. The van der Waals surface area contributed by atoms with Gasteiger partial charge in [0.15, 0.2) is 0 Å². The molecule has 1 aromatic heterocycles. The van der Waals surface area contributed by atoms with Crippen molar-refractivity contribution in [3.63, 3.8) is 0 Å². The van der Waals surface area contributed by atoms with Crippen LogP contribution in [0.3, 0.4) is 0 Å². The summed E-state index contributed by atoms with van der Waals surface area (Å²) in [7, 11) is 0. The molecule has 0 unspecified atom stereocenters. The van der Waals surface area contributed by atoms with Crippen molar-refractivity contribution in [3.8, 4) is 0 Å². The lowest BCUT2D eigenvalue weighted by atomic mass is 10.1. The van der Waals surface area contributed by atoms with Crippen molar-refractivity contribution in [3.05, 3.63) is 41.6 Å². The van der Waals surface area contributed by atoms with Gasteiger partial charge in [0, 0.05) is 5.39 Å². The number of carbonyl (C=O) groups is 1. The molecule has 1 aliphatic rings. The second-order valence-electron chi connectivity index (χ2n) is 5.13. The standard InChI is InChI=1S/C16H18N2O3/c1-11-14(8-12-4-2-3-5-15(12)17-11)16(19)18-13-9-20-6-7-21-10-13/h2-5,8,13H,6-7,9-10H2,1H3,(H,18,19). The topological polar surface area (TPSA) is 60.5 Å². The van der Waals surface area contributed by atoms with Gasteiger partial charge in [0.2, 0.25) is 0 Å². The molecule has 1 amide bonds. The van der Waals surface area contributed by atoms with Gasteiger partial charge in [0.25, 0.3) is 5.91 Å². The maximum absolute atomic E-state index is 12.4. The zero-order chi connectivity index (χ0) is 14.7. The highest BCUT2D eigenvalue weighted by atomic mass is 16.5. The van der Waals surface area contributed by atoms with Crippen LogP contribution in [-0.2, 0) is 9.47 Å². The third-order valence-electron chi connectivity index (χ3n) is 3.50. The van der Waals surface area contributed by atoms with Gasteiger partial charge < -0.3 is 14.8 Å². The molecule has 0 spiro atoms. The third kappa shape index (κ3) is 3.20. The number of fused-ring (bicyclic) bond motifs is 1. The van der Waals surface area contributed by atoms with Gasteiger partial charge in [-0.3, -0.25) is 9.78 Å². The number of carbonyl (C=O) groups excluding carboxylic acids is 1. The molecule has 0 radical (unpaired) electrons. The molecule has 1 saturated heterocycles. The highest BCUT2D eigenvalue weighted by Gasteiger charge is 2.18. The number of ether oxygens (including phenoxy) is 2. The van der Waals surface area contributed by atoms with Crippen molar-refractivity contribution in [2.75, 3.05) is 26.4 Å². The van der Waals surface area contributed by atoms with E-state index in [9.17, 15) is 4.79 Å². The molecule has 1 N–H and O–H groups in total. The highest BCUT2D eigenvalue weighted by molar-refractivity contribution is 5.98. The van der Waals surface area contributed by atoms with Crippen LogP contribution in [0.2, 0.25) is 0 Å². The molecule has 3 rings (SSSR count). The molecule has 0 atom stereocenters. The zero-order valence-corrected chi connectivity index (χ0v) is 12.0. The molecular weight excluding hydrogens is 268 g/mol. The summed E-state index contributed by atoms with van der Waals surface area (Å²) in [6, 6.07) is 9.53. The van der Waals surface area contributed by atoms with Crippen LogP contribution in [0.1, 0.15) is 16.1 Å². The first kappa shape index (κ1) is 14.0. The van der Waals surface area contributed by atoms with Gasteiger partial charge in [0.1, 0.15) is 0 Å². The Morgan fingerprint density at radius 2 is 1.95 bits per heavy atom. The second kappa shape index (κ2) is 6.20. The minimum Gasteiger partial charge on any atom is -0.377 e. The van der Waals surface area contributed by atoms with Crippen LogP contribution >= 0.6 is 0 Å². The summed E-state index contributed by atoms with van der Waals surface area (Å²) in [5.74, 6) is -0.134. The van der Waals surface area contributed by atoms with E-state index in [2.05, 4.69) is 10.3 Å². The fourth-order valence-electron chi connectivity index (χ4n) is 2.41. The number of hydrogen-bond donors (Lipinski definition) is 1. The van der Waals surface area contributed by atoms with E-state index in [0.717, 1.165) is 16.6 Å². The third-order valence-corrected chi connectivity index (χ3v) is 3.50. The Balaban J connectivity index is 1.81. The van der Waals surface area contributed by atoms with Gasteiger partial charge in [-0.2, -0.15) is 0 Å². The largest absolute Gasteiger partial charge is 0.377 e. The number of pyridine rings is 1. The fourth-order valence-corrected chi connectivity index (χ4v) is 2.41. The van der Waals surface area contributed by atoms with Crippen molar-refractivity contribution in [1.29, 1.82) is 0 Å². The molecular formula is C16H18N2O3. The van der Waals surface area contributed by atoms with E-state index in [4.69, 9.17) is 9.47 Å². The average Bonchev–Trinajstić information content (AvgIpc) is 2.75. The Morgan fingerprint density at radius 3 is 2.71 bits per heavy atom. The number of nitrogens with one attached hydrogen (secondary N) is 1. The molecule has 1 aromatic carbocycles. The molecule has 2 heterocycles. The van der Waals surface area contributed by atoms with Crippen molar-refractivity contribution >= 4 is 16.8 Å². The van der Waals surface area contributed by atoms with Crippen LogP contribution in [0, 0.1) is 6.92 Å². The van der Waals surface area contributed by atoms with Crippen LogP contribution in [0.25, 0.3) is 10.9 Å². The normalized spacial score (nSPS) is 16.6. The molecule has 1 fully saturated rings. The second-order valence-corrected chi connectivity index (χ2v) is 5.13. The van der Waals surface area contributed by atoms with Gasteiger partial charge in [0.05, 0.1) is 49.2 Å². The number of para-hydroxylation sites is 1. The first-order chi connectivity index (χ1) is 10.2. The zero-order valence-electron chi connectivity index (χ0n) is 12.0. The lowest BCUT2D eigenvalue weighted by molar-refractivity contribution is 0.0875. The summed E-state index contributed by atoms with van der Waals surface area (Å²) < 4.78 is 10.8. The molecule has 21 heavy (non-hydrogen) atoms. The maximum atomic E-state index is 12.4. The quantitative estimate of drug-likeness (QED) is 0.912. The molecule has 2 aromatic rings. The monoisotopic (exact) mass is 286 g/mol. The SMILES string of the molecule is Cc1nc2ccccc2cc1C(=O)NC1COCCOC1. The fraction of sp³-hybridized carbons (Fsp3) is 0.375. The Hall–Kier alpha value is -1.98. The van der Waals surface area contributed by atoms with Gasteiger partial charge >= 0.3 is 0 Å². The first-order valence-corrected chi connectivity index (χ1v) is 7.07. The van der Waals surface area contributed by atoms with Crippen molar-refractivity contribution in [1.82, 2.24) is 10.3 Å². The van der Waals surface area contributed by atoms with Crippen LogP contribution in [0.4, 0.5) is 0 Å². The maximum Gasteiger partial charge on any atom is 0.253 e. The summed E-state index contributed by atoms with van der Waals surface area (Å²) in [4.78, 5) is 16.9. The molecule has 110 valence electrons. The molecule has 0 saturated carbocycles. The summed E-state index contributed by atoms with van der Waals surface area (Å²) in [5.41, 5.74) is 2.22. The lowest BCUT2D eigenvalue weighted by Gasteiger charge is -2.16. The summed E-state index contributed by atoms with van der Waals surface area (Å²) in [5, 5.41) is 3.91. The molecule has 5 nitrogen and oxygen atoms in total. The summed E-state index contributed by atoms with van der Waals surface area (Å²) in [6.45, 7) is 3.95. The van der Waals surface area contributed by atoms with E-state index in [0.29, 0.717) is 32.0 Å². The van der Waals surface area contributed by atoms with Crippen molar-refractivity contribution in [2.45, 2.75) is 13.0 Å². The van der Waals surface area contributed by atoms with E-state index >= 15 is 0 Å². The Kier molecular flexibility index (Phi) is 4.13.